The highest BCUT2D eigenvalue weighted by Gasteiger charge is 2.05. The second-order valence-electron chi connectivity index (χ2n) is 4.23. The normalized spacial score (nSPS) is 10.3. The number of nitrogens with one attached hydrogen (secondary N) is 1. The fourth-order valence-corrected chi connectivity index (χ4v) is 1.53. The molecule has 0 saturated carbocycles. The van der Waals surface area contributed by atoms with Gasteiger partial charge in [-0.15, -0.1) is 0 Å². The second kappa shape index (κ2) is 5.60. The molecule has 0 aliphatic rings. The number of hydrogen-bond donors (Lipinski definition) is 1. The van der Waals surface area contributed by atoms with Gasteiger partial charge < -0.3 is 10.2 Å². The zero-order valence-electron chi connectivity index (χ0n) is 10.7. The van der Waals surface area contributed by atoms with E-state index < -0.39 is 11.6 Å². The fraction of sp³-hybridized carbons (Fsp3) is 0.231. The van der Waals surface area contributed by atoms with Crippen LogP contribution in [0, 0.1) is 11.6 Å². The molecule has 0 spiro atoms. The van der Waals surface area contributed by atoms with Gasteiger partial charge in [0.25, 0.3) is 0 Å². The Morgan fingerprint density at radius 1 is 1.21 bits per heavy atom. The summed E-state index contributed by atoms with van der Waals surface area (Å²) in [6.45, 7) is 0.160. The van der Waals surface area contributed by atoms with E-state index in [2.05, 4.69) is 15.3 Å². The van der Waals surface area contributed by atoms with E-state index in [4.69, 9.17) is 0 Å². The number of rotatable bonds is 4. The van der Waals surface area contributed by atoms with E-state index in [-0.39, 0.29) is 12.1 Å². The maximum Gasteiger partial charge on any atom is 0.226 e. The molecule has 0 bridgehead atoms. The van der Waals surface area contributed by atoms with Gasteiger partial charge in [0.05, 0.1) is 0 Å². The molecule has 1 aromatic carbocycles. The molecule has 19 heavy (non-hydrogen) atoms. The molecule has 0 atom stereocenters. The monoisotopic (exact) mass is 264 g/mol. The summed E-state index contributed by atoms with van der Waals surface area (Å²) in [5.74, 6) is 0.192. The van der Waals surface area contributed by atoms with E-state index in [0.29, 0.717) is 11.8 Å². The largest absolute Gasteiger partial charge is 0.366 e. The predicted molar refractivity (Wildman–Crippen MR) is 70.0 cm³/mol. The van der Waals surface area contributed by atoms with Crippen LogP contribution in [0.25, 0.3) is 0 Å². The minimum Gasteiger partial charge on any atom is -0.366 e. The van der Waals surface area contributed by atoms with Gasteiger partial charge in [0.15, 0.2) is 0 Å². The van der Waals surface area contributed by atoms with Crippen LogP contribution in [0.1, 0.15) is 5.56 Å². The number of nitrogens with zero attached hydrogens (tertiary/aromatic N) is 3. The van der Waals surface area contributed by atoms with Gasteiger partial charge in [-0.25, -0.2) is 13.8 Å². The third-order valence-corrected chi connectivity index (χ3v) is 2.51. The highest BCUT2D eigenvalue weighted by molar-refractivity contribution is 5.41. The summed E-state index contributed by atoms with van der Waals surface area (Å²) < 4.78 is 26.4. The summed E-state index contributed by atoms with van der Waals surface area (Å²) in [6.07, 6.45) is 1.60. The smallest absolute Gasteiger partial charge is 0.226 e. The van der Waals surface area contributed by atoms with Crippen LogP contribution in [-0.4, -0.2) is 24.1 Å². The van der Waals surface area contributed by atoms with Crippen molar-refractivity contribution >= 4 is 11.8 Å². The van der Waals surface area contributed by atoms with Gasteiger partial charge in [0.2, 0.25) is 5.95 Å². The Bertz CT molecular complexity index is 572. The van der Waals surface area contributed by atoms with Crippen molar-refractivity contribution < 1.29 is 8.78 Å². The third-order valence-electron chi connectivity index (χ3n) is 2.51. The molecule has 2 aromatic rings. The molecule has 4 nitrogen and oxygen atoms in total. The van der Waals surface area contributed by atoms with E-state index in [1.54, 1.807) is 17.2 Å². The molecular formula is C13H14F2N4. The first-order valence-electron chi connectivity index (χ1n) is 5.74. The molecule has 1 N–H and O–H groups in total. The Balaban J connectivity index is 2.10. The molecule has 1 heterocycles. The van der Waals surface area contributed by atoms with E-state index >= 15 is 0 Å². The summed E-state index contributed by atoms with van der Waals surface area (Å²) in [5.41, 5.74) is 0.255. The van der Waals surface area contributed by atoms with Crippen molar-refractivity contribution in [3.05, 3.63) is 47.7 Å². The van der Waals surface area contributed by atoms with Crippen molar-refractivity contribution in [2.75, 3.05) is 24.3 Å². The Kier molecular flexibility index (Phi) is 3.89. The van der Waals surface area contributed by atoms with Gasteiger partial charge in [-0.3, -0.25) is 0 Å². The van der Waals surface area contributed by atoms with Crippen LogP contribution in [0.4, 0.5) is 20.5 Å². The molecule has 0 fully saturated rings. The third kappa shape index (κ3) is 3.37. The summed E-state index contributed by atoms with van der Waals surface area (Å²) in [7, 11) is 3.65. The molecule has 0 amide bonds. The Labute approximate surface area is 110 Å². The number of anilines is 2. The van der Waals surface area contributed by atoms with Crippen LogP contribution < -0.4 is 10.2 Å². The second-order valence-corrected chi connectivity index (χ2v) is 4.23. The van der Waals surface area contributed by atoms with Gasteiger partial charge in [-0.05, 0) is 24.3 Å². The molecule has 100 valence electrons. The molecule has 0 aliphatic carbocycles. The van der Waals surface area contributed by atoms with Crippen LogP contribution in [0.15, 0.2) is 30.5 Å². The summed E-state index contributed by atoms with van der Waals surface area (Å²) in [6, 6.07) is 5.03. The fourth-order valence-electron chi connectivity index (χ4n) is 1.53. The van der Waals surface area contributed by atoms with Crippen molar-refractivity contribution in [3.8, 4) is 0 Å². The average molecular weight is 264 g/mol. The molecular weight excluding hydrogens is 250 g/mol. The van der Waals surface area contributed by atoms with Gasteiger partial charge >= 0.3 is 0 Å². The van der Waals surface area contributed by atoms with E-state index in [1.807, 2.05) is 14.1 Å². The van der Waals surface area contributed by atoms with Crippen LogP contribution in [-0.2, 0) is 6.54 Å². The Morgan fingerprint density at radius 2 is 2.00 bits per heavy atom. The first kappa shape index (κ1) is 13.2. The number of aromatic nitrogens is 2. The average Bonchev–Trinajstić information content (AvgIpc) is 2.40. The van der Waals surface area contributed by atoms with Crippen molar-refractivity contribution in [1.29, 1.82) is 0 Å². The lowest BCUT2D eigenvalue weighted by Gasteiger charge is -2.12. The number of benzene rings is 1. The molecule has 0 radical (unpaired) electrons. The standard InChI is InChI=1S/C13H14F2N4/c1-19(2)13-16-6-5-12(18-13)17-8-9-7-10(14)3-4-11(9)15/h3-7H,8H2,1-2H3,(H,16,17,18). The van der Waals surface area contributed by atoms with Crippen LogP contribution >= 0.6 is 0 Å². The van der Waals surface area contributed by atoms with Gasteiger partial charge in [0, 0.05) is 32.4 Å². The lowest BCUT2D eigenvalue weighted by Crippen LogP contribution is -2.13. The lowest BCUT2D eigenvalue weighted by atomic mass is 10.2. The minimum absolute atomic E-state index is 0.160. The zero-order valence-corrected chi connectivity index (χ0v) is 10.7. The van der Waals surface area contributed by atoms with Crippen LogP contribution in [0.3, 0.4) is 0 Å². The van der Waals surface area contributed by atoms with Crippen molar-refractivity contribution in [2.45, 2.75) is 6.54 Å². The summed E-state index contributed by atoms with van der Waals surface area (Å²) >= 11 is 0. The number of hydrogen-bond acceptors (Lipinski definition) is 4. The molecule has 0 aliphatic heterocycles. The van der Waals surface area contributed by atoms with Gasteiger partial charge in [-0.2, -0.15) is 4.98 Å². The van der Waals surface area contributed by atoms with Gasteiger partial charge in [0.1, 0.15) is 17.5 Å². The molecule has 0 saturated heterocycles. The van der Waals surface area contributed by atoms with Gasteiger partial charge in [-0.1, -0.05) is 0 Å². The molecule has 1 aromatic heterocycles. The highest BCUT2D eigenvalue weighted by Crippen LogP contribution is 2.13. The molecule has 6 heteroatoms. The molecule has 0 unspecified atom stereocenters. The Morgan fingerprint density at radius 3 is 2.74 bits per heavy atom. The zero-order chi connectivity index (χ0) is 13.8. The maximum atomic E-state index is 13.4. The maximum absolute atomic E-state index is 13.4. The SMILES string of the molecule is CN(C)c1nccc(NCc2cc(F)ccc2F)n1. The van der Waals surface area contributed by atoms with Crippen molar-refractivity contribution in [3.63, 3.8) is 0 Å². The lowest BCUT2D eigenvalue weighted by molar-refractivity contribution is 0.587. The van der Waals surface area contributed by atoms with Crippen molar-refractivity contribution in [2.24, 2.45) is 0 Å². The first-order valence-corrected chi connectivity index (χ1v) is 5.74. The first-order chi connectivity index (χ1) is 9.06. The van der Waals surface area contributed by atoms with E-state index in [1.165, 1.54) is 0 Å². The minimum atomic E-state index is -0.463. The Hall–Kier alpha value is -2.24. The van der Waals surface area contributed by atoms with Crippen LogP contribution in [0.5, 0.6) is 0 Å². The van der Waals surface area contributed by atoms with E-state index in [9.17, 15) is 8.78 Å². The summed E-state index contributed by atoms with van der Waals surface area (Å²) in [5, 5.41) is 2.94. The molecule has 2 rings (SSSR count). The summed E-state index contributed by atoms with van der Waals surface area (Å²) in [4.78, 5) is 10.1. The van der Waals surface area contributed by atoms with Crippen molar-refractivity contribution in [1.82, 2.24) is 9.97 Å². The number of halogens is 2. The predicted octanol–water partition coefficient (Wildman–Crippen LogP) is 2.43. The van der Waals surface area contributed by atoms with E-state index in [0.717, 1.165) is 18.2 Å². The highest BCUT2D eigenvalue weighted by atomic mass is 19.1. The topological polar surface area (TPSA) is 41.1 Å². The quantitative estimate of drug-likeness (QED) is 0.920. The van der Waals surface area contributed by atoms with Crippen LogP contribution in [0.2, 0.25) is 0 Å².